The SMILES string of the molecule is CCO/N=C(\C(=O)N[C@@H]1C(=O)N2C(C(=O)[O-])=C(/C=C/C[n+]3cccc(C(=O)NC#N)c3)CS[C@H]12)c1csc(N)n1. The molecule has 206 valence electrons. The van der Waals surface area contributed by atoms with Crippen LogP contribution >= 0.6 is 23.1 Å². The number of carbonyl (C=O) groups excluding carboxylic acids is 4. The van der Waals surface area contributed by atoms with E-state index >= 15 is 0 Å². The number of aliphatic carboxylic acids is 1. The number of allylic oxidation sites excluding steroid dienone is 2. The number of rotatable bonds is 10. The molecule has 3 amide bonds. The Kier molecular flexibility index (Phi) is 8.76. The monoisotopic (exact) mass is 582 g/mol. The lowest BCUT2D eigenvalue weighted by Gasteiger charge is -2.50. The number of anilines is 1. The summed E-state index contributed by atoms with van der Waals surface area (Å²) in [6.07, 6.45) is 8.05. The number of thiazole rings is 1. The lowest BCUT2D eigenvalue weighted by atomic mass is 10.0. The van der Waals surface area contributed by atoms with Gasteiger partial charge in [-0.1, -0.05) is 11.2 Å². The van der Waals surface area contributed by atoms with Crippen LogP contribution in [0.1, 0.15) is 23.0 Å². The highest BCUT2D eigenvalue weighted by molar-refractivity contribution is 8.00. The molecule has 0 radical (unpaired) electrons. The van der Waals surface area contributed by atoms with E-state index in [-0.39, 0.29) is 46.7 Å². The van der Waals surface area contributed by atoms with Crippen molar-refractivity contribution in [2.24, 2.45) is 5.16 Å². The summed E-state index contributed by atoms with van der Waals surface area (Å²) in [4.78, 5) is 60.0. The van der Waals surface area contributed by atoms with E-state index in [1.54, 1.807) is 48.2 Å². The van der Waals surface area contributed by atoms with E-state index < -0.39 is 35.1 Å². The maximum absolute atomic E-state index is 13.0. The van der Waals surface area contributed by atoms with Crippen molar-refractivity contribution in [3.8, 4) is 6.19 Å². The maximum atomic E-state index is 13.0. The molecule has 14 nitrogen and oxygen atoms in total. The number of carboxylic acids is 1. The molecule has 4 heterocycles. The fraction of sp³-hybridized carbons (Fsp3) is 0.250. The summed E-state index contributed by atoms with van der Waals surface area (Å²) in [7, 11) is 0. The van der Waals surface area contributed by atoms with Gasteiger partial charge in [-0.2, -0.15) is 5.26 Å². The molecule has 4 N–H and O–H groups in total. The van der Waals surface area contributed by atoms with Gasteiger partial charge in [0.15, 0.2) is 36.0 Å². The predicted molar refractivity (Wildman–Crippen MR) is 141 cm³/mol. The van der Waals surface area contributed by atoms with Gasteiger partial charge in [-0.3, -0.25) is 24.6 Å². The summed E-state index contributed by atoms with van der Waals surface area (Å²) in [6, 6.07) is 2.18. The van der Waals surface area contributed by atoms with E-state index in [0.717, 1.165) is 16.2 Å². The van der Waals surface area contributed by atoms with Crippen molar-refractivity contribution in [3.63, 3.8) is 0 Å². The number of carbonyl (C=O) groups is 4. The zero-order valence-corrected chi connectivity index (χ0v) is 22.5. The van der Waals surface area contributed by atoms with E-state index in [0.29, 0.717) is 5.57 Å². The zero-order chi connectivity index (χ0) is 28.8. The first kappa shape index (κ1) is 28.3. The van der Waals surface area contributed by atoms with Gasteiger partial charge < -0.3 is 25.8 Å². The quantitative estimate of drug-likeness (QED) is 0.0747. The minimum Gasteiger partial charge on any atom is -0.543 e. The average Bonchev–Trinajstić information content (AvgIpc) is 3.37. The number of nitrogens with one attached hydrogen (secondary N) is 2. The molecule has 2 aliphatic heterocycles. The van der Waals surface area contributed by atoms with E-state index in [1.807, 2.05) is 5.32 Å². The van der Waals surface area contributed by atoms with Crippen LogP contribution in [0.5, 0.6) is 0 Å². The number of nitriles is 1. The van der Waals surface area contributed by atoms with Gasteiger partial charge in [0.05, 0.1) is 11.7 Å². The van der Waals surface area contributed by atoms with Crippen LogP contribution in [0.4, 0.5) is 5.13 Å². The van der Waals surface area contributed by atoms with Crippen LogP contribution < -0.4 is 26.0 Å². The first-order chi connectivity index (χ1) is 19.2. The van der Waals surface area contributed by atoms with Crippen LogP contribution in [0.3, 0.4) is 0 Å². The van der Waals surface area contributed by atoms with Crippen molar-refractivity contribution >= 4 is 57.6 Å². The van der Waals surface area contributed by atoms with E-state index in [4.69, 9.17) is 15.8 Å². The molecular weight excluding hydrogens is 560 g/mol. The van der Waals surface area contributed by atoms with Gasteiger partial charge in [-0.15, -0.1) is 23.1 Å². The Hall–Kier alpha value is -4.75. The topological polar surface area (TPSA) is 207 Å². The minimum absolute atomic E-state index is 0.159. The second kappa shape index (κ2) is 12.4. The van der Waals surface area contributed by atoms with Crippen LogP contribution in [-0.2, 0) is 25.8 Å². The van der Waals surface area contributed by atoms with E-state index in [9.17, 15) is 24.3 Å². The minimum atomic E-state index is -1.53. The maximum Gasteiger partial charge on any atom is 0.276 e. The van der Waals surface area contributed by atoms with Gasteiger partial charge in [-0.25, -0.2) is 9.55 Å². The molecule has 2 aromatic rings. The Morgan fingerprint density at radius 2 is 2.25 bits per heavy atom. The molecule has 4 rings (SSSR count). The summed E-state index contributed by atoms with van der Waals surface area (Å²) in [5.74, 6) is -3.18. The normalized spacial score (nSPS) is 18.6. The summed E-state index contributed by atoms with van der Waals surface area (Å²) >= 11 is 2.39. The molecule has 1 saturated heterocycles. The van der Waals surface area contributed by atoms with Crippen LogP contribution in [0.15, 0.2) is 58.5 Å². The van der Waals surface area contributed by atoms with E-state index in [2.05, 4.69) is 15.5 Å². The van der Waals surface area contributed by atoms with Crippen LogP contribution in [0, 0.1) is 11.5 Å². The van der Waals surface area contributed by atoms with Gasteiger partial charge >= 0.3 is 0 Å². The van der Waals surface area contributed by atoms with Crippen LogP contribution in [0.2, 0.25) is 0 Å². The van der Waals surface area contributed by atoms with Crippen molar-refractivity contribution in [2.75, 3.05) is 18.1 Å². The Morgan fingerprint density at radius 1 is 1.45 bits per heavy atom. The standard InChI is InChI=1S/C24H22N8O6S2/c1-2-38-30-16(15-11-40-24(26)28-15)20(34)29-17-21(35)32-18(23(36)37)14(10-39-22(17)32)6-4-8-31-7-3-5-13(9-31)19(33)27-12-25/h3-7,9,11,17,22H,2,8,10H2,1H3,(H4-,26,27,28,29,33,34,36,37)/b6-4+,30-16-/t17-,22-/m1/s1. The molecule has 0 saturated carbocycles. The Bertz CT molecular complexity index is 1490. The van der Waals surface area contributed by atoms with Crippen molar-refractivity contribution in [1.29, 1.82) is 5.26 Å². The van der Waals surface area contributed by atoms with Gasteiger partial charge in [-0.05, 0) is 24.6 Å². The molecule has 2 aliphatic rings. The molecule has 40 heavy (non-hydrogen) atoms. The van der Waals surface area contributed by atoms with Gasteiger partial charge in [0.1, 0.15) is 29.3 Å². The highest BCUT2D eigenvalue weighted by Crippen LogP contribution is 2.40. The fourth-order valence-corrected chi connectivity index (χ4v) is 5.78. The molecular formula is C24H22N8O6S2. The smallest absolute Gasteiger partial charge is 0.276 e. The van der Waals surface area contributed by atoms with E-state index in [1.165, 1.54) is 23.3 Å². The molecule has 2 atom stereocenters. The number of aromatic nitrogens is 2. The molecule has 1 fully saturated rings. The Labute approximate surface area is 235 Å². The summed E-state index contributed by atoms with van der Waals surface area (Å²) in [5, 5.41) is 30.2. The van der Waals surface area contributed by atoms with Gasteiger partial charge in [0.25, 0.3) is 17.7 Å². The number of thioether (sulfide) groups is 1. The first-order valence-electron chi connectivity index (χ1n) is 11.7. The average molecular weight is 583 g/mol. The first-order valence-corrected chi connectivity index (χ1v) is 13.6. The Balaban J connectivity index is 1.47. The lowest BCUT2D eigenvalue weighted by Crippen LogP contribution is -2.71. The molecule has 0 bridgehead atoms. The van der Waals surface area contributed by atoms with Crippen molar-refractivity contribution in [1.82, 2.24) is 20.5 Å². The molecule has 0 aliphatic carbocycles. The number of carboxylic acid groups (broad SMARTS) is 1. The highest BCUT2D eigenvalue weighted by atomic mass is 32.2. The van der Waals surface area contributed by atoms with Crippen molar-refractivity contribution < 1.29 is 33.7 Å². The lowest BCUT2D eigenvalue weighted by molar-refractivity contribution is -0.687. The highest BCUT2D eigenvalue weighted by Gasteiger charge is 2.53. The summed E-state index contributed by atoms with van der Waals surface area (Å²) < 4.78 is 1.67. The third-order valence-electron chi connectivity index (χ3n) is 5.67. The number of pyridine rings is 1. The van der Waals surface area contributed by atoms with Crippen molar-refractivity contribution in [3.05, 3.63) is 64.6 Å². The number of nitrogens with zero attached hydrogens (tertiary/aromatic N) is 5. The molecule has 2 aromatic heterocycles. The Morgan fingerprint density at radius 3 is 2.92 bits per heavy atom. The zero-order valence-electron chi connectivity index (χ0n) is 20.9. The van der Waals surface area contributed by atoms with Gasteiger partial charge in [0.2, 0.25) is 0 Å². The molecule has 0 aromatic carbocycles. The number of oxime groups is 1. The molecule has 0 unspecified atom stereocenters. The number of β-lactam (4-membered cyclic amide) rings is 1. The second-order valence-corrected chi connectivity index (χ2v) is 10.2. The van der Waals surface area contributed by atoms with Gasteiger partial charge in [0, 0.05) is 17.2 Å². The third-order valence-corrected chi connectivity index (χ3v) is 7.64. The number of fused-ring (bicyclic) bond motifs is 1. The van der Waals surface area contributed by atoms with Crippen LogP contribution in [-0.4, -0.2) is 63.1 Å². The number of nitrogens with two attached hydrogens (primary N) is 1. The number of hydrogen-bond acceptors (Lipinski definition) is 12. The number of nitrogen functional groups attached to an aromatic ring is 1. The molecule has 0 spiro atoms. The largest absolute Gasteiger partial charge is 0.543 e. The number of hydrogen-bond donors (Lipinski definition) is 3. The summed E-state index contributed by atoms with van der Waals surface area (Å²) in [6.45, 7) is 2.16. The fourth-order valence-electron chi connectivity index (χ4n) is 3.91. The second-order valence-electron chi connectivity index (χ2n) is 8.21. The van der Waals surface area contributed by atoms with Crippen molar-refractivity contribution in [2.45, 2.75) is 24.9 Å². The molecule has 16 heteroatoms. The van der Waals surface area contributed by atoms with Crippen LogP contribution in [0.25, 0.3) is 0 Å². The number of amides is 3. The summed E-state index contributed by atoms with van der Waals surface area (Å²) in [5.41, 5.74) is 6.04. The third kappa shape index (κ3) is 5.95. The predicted octanol–water partition coefficient (Wildman–Crippen LogP) is -1.38.